The Morgan fingerprint density at radius 2 is 2.05 bits per heavy atom. The first-order valence-electron chi connectivity index (χ1n) is 7.74. The molecule has 0 radical (unpaired) electrons. The molecule has 0 aliphatic carbocycles. The molecule has 21 heavy (non-hydrogen) atoms. The summed E-state index contributed by atoms with van der Waals surface area (Å²) in [6, 6.07) is 8.13. The van der Waals surface area contributed by atoms with Crippen LogP contribution in [0.5, 0.6) is 0 Å². The van der Waals surface area contributed by atoms with Crippen LogP contribution in [0.4, 0.5) is 5.69 Å². The predicted molar refractivity (Wildman–Crippen MR) is 82.2 cm³/mol. The molecule has 2 heterocycles. The van der Waals surface area contributed by atoms with Gasteiger partial charge in [-0.25, -0.2) is 0 Å². The molecule has 2 aliphatic heterocycles. The standard InChI is InChI=1S/C16H23N3O2/c20-16(15-2-1-7-17-15)18-14-5-3-13(4-6-14)12-19-8-10-21-11-9-19/h3-6,15,17H,1-2,7-12H2,(H,18,20)/t15-/m0/s1. The Kier molecular flexibility index (Phi) is 4.85. The number of anilines is 1. The zero-order valence-electron chi connectivity index (χ0n) is 12.3. The van der Waals surface area contributed by atoms with E-state index in [-0.39, 0.29) is 11.9 Å². The highest BCUT2D eigenvalue weighted by molar-refractivity contribution is 5.95. The molecule has 2 saturated heterocycles. The number of ether oxygens (including phenoxy) is 1. The van der Waals surface area contributed by atoms with Gasteiger partial charge in [-0.3, -0.25) is 9.69 Å². The number of amides is 1. The number of rotatable bonds is 4. The molecule has 114 valence electrons. The summed E-state index contributed by atoms with van der Waals surface area (Å²) in [5.74, 6) is 0.0772. The molecule has 0 bridgehead atoms. The maximum absolute atomic E-state index is 12.0. The van der Waals surface area contributed by atoms with Gasteiger partial charge in [-0.15, -0.1) is 0 Å². The fourth-order valence-corrected chi connectivity index (χ4v) is 2.85. The van der Waals surface area contributed by atoms with Gasteiger partial charge >= 0.3 is 0 Å². The molecule has 1 aromatic carbocycles. The molecular formula is C16H23N3O2. The topological polar surface area (TPSA) is 53.6 Å². The zero-order valence-corrected chi connectivity index (χ0v) is 12.3. The first-order chi connectivity index (χ1) is 10.3. The van der Waals surface area contributed by atoms with E-state index >= 15 is 0 Å². The van der Waals surface area contributed by atoms with E-state index in [4.69, 9.17) is 4.74 Å². The van der Waals surface area contributed by atoms with Gasteiger partial charge in [0.05, 0.1) is 19.3 Å². The Morgan fingerprint density at radius 3 is 2.71 bits per heavy atom. The van der Waals surface area contributed by atoms with Crippen molar-refractivity contribution in [3.63, 3.8) is 0 Å². The minimum Gasteiger partial charge on any atom is -0.379 e. The number of carbonyl (C=O) groups excluding carboxylic acids is 1. The summed E-state index contributed by atoms with van der Waals surface area (Å²) in [7, 11) is 0. The van der Waals surface area contributed by atoms with Crippen LogP contribution < -0.4 is 10.6 Å². The molecule has 5 heteroatoms. The van der Waals surface area contributed by atoms with Crippen LogP contribution in [-0.2, 0) is 16.1 Å². The Hall–Kier alpha value is -1.43. The van der Waals surface area contributed by atoms with E-state index in [1.165, 1.54) is 5.56 Å². The average Bonchev–Trinajstić information content (AvgIpc) is 3.05. The van der Waals surface area contributed by atoms with Crippen LogP contribution in [-0.4, -0.2) is 49.7 Å². The monoisotopic (exact) mass is 289 g/mol. The van der Waals surface area contributed by atoms with Crippen LogP contribution in [0.2, 0.25) is 0 Å². The number of morpholine rings is 1. The van der Waals surface area contributed by atoms with Gasteiger partial charge in [-0.1, -0.05) is 12.1 Å². The van der Waals surface area contributed by atoms with Crippen molar-refractivity contribution >= 4 is 11.6 Å². The number of nitrogens with one attached hydrogen (secondary N) is 2. The lowest BCUT2D eigenvalue weighted by Crippen LogP contribution is -2.36. The number of hydrogen-bond donors (Lipinski definition) is 2. The fraction of sp³-hybridized carbons (Fsp3) is 0.562. The first kappa shape index (κ1) is 14.5. The van der Waals surface area contributed by atoms with Crippen molar-refractivity contribution in [1.29, 1.82) is 0 Å². The lowest BCUT2D eigenvalue weighted by atomic mass is 10.1. The smallest absolute Gasteiger partial charge is 0.241 e. The summed E-state index contributed by atoms with van der Waals surface area (Å²) in [4.78, 5) is 14.4. The third kappa shape index (κ3) is 4.03. The van der Waals surface area contributed by atoms with Gasteiger partial charge in [0.2, 0.25) is 5.91 Å². The predicted octanol–water partition coefficient (Wildman–Crippen LogP) is 1.21. The average molecular weight is 289 g/mol. The van der Waals surface area contributed by atoms with E-state index in [1.54, 1.807) is 0 Å². The van der Waals surface area contributed by atoms with Crippen molar-refractivity contribution in [2.75, 3.05) is 38.2 Å². The van der Waals surface area contributed by atoms with Gasteiger partial charge in [-0.2, -0.15) is 0 Å². The minimum absolute atomic E-state index is 0.0296. The molecule has 3 rings (SSSR count). The molecule has 1 atom stereocenters. The summed E-state index contributed by atoms with van der Waals surface area (Å²) in [6.07, 6.45) is 2.01. The van der Waals surface area contributed by atoms with Crippen LogP contribution in [0.25, 0.3) is 0 Å². The second kappa shape index (κ2) is 7.02. The largest absolute Gasteiger partial charge is 0.379 e. The number of benzene rings is 1. The molecule has 1 amide bonds. The van der Waals surface area contributed by atoms with Crippen molar-refractivity contribution in [2.24, 2.45) is 0 Å². The highest BCUT2D eigenvalue weighted by Gasteiger charge is 2.21. The Morgan fingerprint density at radius 1 is 1.29 bits per heavy atom. The maximum atomic E-state index is 12.0. The highest BCUT2D eigenvalue weighted by Crippen LogP contribution is 2.14. The Bertz CT molecular complexity index is 463. The lowest BCUT2D eigenvalue weighted by Gasteiger charge is -2.26. The number of carbonyl (C=O) groups is 1. The van der Waals surface area contributed by atoms with Crippen LogP contribution in [0.1, 0.15) is 18.4 Å². The van der Waals surface area contributed by atoms with E-state index in [0.29, 0.717) is 0 Å². The molecule has 0 unspecified atom stereocenters. The van der Waals surface area contributed by atoms with Gasteiger partial charge < -0.3 is 15.4 Å². The van der Waals surface area contributed by atoms with Crippen molar-refractivity contribution in [2.45, 2.75) is 25.4 Å². The quantitative estimate of drug-likeness (QED) is 0.875. The summed E-state index contributed by atoms with van der Waals surface area (Å²) >= 11 is 0. The molecule has 0 spiro atoms. The van der Waals surface area contributed by atoms with Crippen LogP contribution >= 0.6 is 0 Å². The van der Waals surface area contributed by atoms with Crippen LogP contribution in [0.15, 0.2) is 24.3 Å². The molecule has 2 N–H and O–H groups in total. The normalized spacial score (nSPS) is 23.1. The van der Waals surface area contributed by atoms with Crippen molar-refractivity contribution in [1.82, 2.24) is 10.2 Å². The van der Waals surface area contributed by atoms with E-state index in [0.717, 1.165) is 57.9 Å². The lowest BCUT2D eigenvalue weighted by molar-refractivity contribution is -0.117. The van der Waals surface area contributed by atoms with Crippen molar-refractivity contribution < 1.29 is 9.53 Å². The van der Waals surface area contributed by atoms with Crippen molar-refractivity contribution in [3.8, 4) is 0 Å². The van der Waals surface area contributed by atoms with Gasteiger partial charge in [0.25, 0.3) is 0 Å². The SMILES string of the molecule is O=C(Nc1ccc(CN2CCOCC2)cc1)[C@@H]1CCCN1. The number of hydrogen-bond acceptors (Lipinski definition) is 4. The van der Waals surface area contributed by atoms with Gasteiger partial charge in [-0.05, 0) is 37.1 Å². The van der Waals surface area contributed by atoms with E-state index in [9.17, 15) is 4.79 Å². The third-order valence-corrected chi connectivity index (χ3v) is 4.11. The van der Waals surface area contributed by atoms with Crippen LogP contribution in [0, 0.1) is 0 Å². The van der Waals surface area contributed by atoms with Gasteiger partial charge in [0, 0.05) is 25.3 Å². The fourth-order valence-electron chi connectivity index (χ4n) is 2.85. The second-order valence-electron chi connectivity index (χ2n) is 5.72. The van der Waals surface area contributed by atoms with Gasteiger partial charge in [0.15, 0.2) is 0 Å². The van der Waals surface area contributed by atoms with Gasteiger partial charge in [0.1, 0.15) is 0 Å². The molecule has 0 saturated carbocycles. The maximum Gasteiger partial charge on any atom is 0.241 e. The molecule has 2 fully saturated rings. The Balaban J connectivity index is 1.52. The Labute approximate surface area is 125 Å². The second-order valence-corrected chi connectivity index (χ2v) is 5.72. The molecule has 2 aliphatic rings. The third-order valence-electron chi connectivity index (χ3n) is 4.11. The summed E-state index contributed by atoms with van der Waals surface area (Å²) in [5, 5.41) is 6.19. The highest BCUT2D eigenvalue weighted by atomic mass is 16.5. The van der Waals surface area contributed by atoms with Crippen LogP contribution in [0.3, 0.4) is 0 Å². The first-order valence-corrected chi connectivity index (χ1v) is 7.74. The van der Waals surface area contributed by atoms with Crippen molar-refractivity contribution in [3.05, 3.63) is 29.8 Å². The molecular weight excluding hydrogens is 266 g/mol. The zero-order chi connectivity index (χ0) is 14.5. The summed E-state index contributed by atoms with van der Waals surface area (Å²) in [5.41, 5.74) is 2.15. The van der Waals surface area contributed by atoms with E-state index in [1.807, 2.05) is 12.1 Å². The van der Waals surface area contributed by atoms with E-state index < -0.39 is 0 Å². The minimum atomic E-state index is -0.0296. The summed E-state index contributed by atoms with van der Waals surface area (Å²) in [6.45, 7) is 5.51. The van der Waals surface area contributed by atoms with E-state index in [2.05, 4.69) is 27.7 Å². The molecule has 1 aromatic rings. The molecule has 0 aromatic heterocycles. The number of nitrogens with zero attached hydrogens (tertiary/aromatic N) is 1. The summed E-state index contributed by atoms with van der Waals surface area (Å²) < 4.78 is 5.35. The molecule has 5 nitrogen and oxygen atoms in total.